The second-order valence-corrected chi connectivity index (χ2v) is 6.91. The Bertz CT molecular complexity index is 594. The smallest absolute Gasteiger partial charge is 0.244 e. The predicted molar refractivity (Wildman–Crippen MR) is 70.4 cm³/mol. The van der Waals surface area contributed by atoms with Crippen molar-refractivity contribution in [3.63, 3.8) is 0 Å². The van der Waals surface area contributed by atoms with Gasteiger partial charge in [0.15, 0.2) is 5.82 Å². The number of sulfonamides is 1. The first kappa shape index (κ1) is 15.0. The SMILES string of the molecule is O=S(=O)(c1ccc(Cl)c(F)c1Cl)N1CCCC1CO. The summed E-state index contributed by atoms with van der Waals surface area (Å²) in [6, 6.07) is 1.84. The normalized spacial score (nSPS) is 20.9. The molecule has 0 bridgehead atoms. The molecule has 8 heteroatoms. The standard InChI is InChI=1S/C11H12Cl2FNO3S/c12-8-3-4-9(10(13)11(8)14)19(17,18)15-5-1-2-7(15)6-16/h3-4,7,16H,1-2,5-6H2. The highest BCUT2D eigenvalue weighted by atomic mass is 35.5. The minimum atomic E-state index is -3.93. The van der Waals surface area contributed by atoms with Gasteiger partial charge in [-0.25, -0.2) is 12.8 Å². The topological polar surface area (TPSA) is 57.6 Å². The number of aliphatic hydroxyl groups is 1. The third-order valence-corrected chi connectivity index (χ3v) is 5.89. The fourth-order valence-corrected chi connectivity index (χ4v) is 4.55. The Kier molecular flexibility index (Phi) is 4.37. The molecular formula is C11H12Cl2FNO3S. The van der Waals surface area contributed by atoms with Crippen LogP contribution in [0.2, 0.25) is 10.0 Å². The van der Waals surface area contributed by atoms with E-state index < -0.39 is 26.9 Å². The second-order valence-electron chi connectivity index (χ2n) is 4.27. The van der Waals surface area contributed by atoms with Crippen molar-refractivity contribution in [1.29, 1.82) is 0 Å². The summed E-state index contributed by atoms with van der Waals surface area (Å²) in [5.41, 5.74) is 0. The molecule has 0 spiro atoms. The van der Waals surface area contributed by atoms with Crippen LogP contribution in [0.3, 0.4) is 0 Å². The molecule has 4 nitrogen and oxygen atoms in total. The van der Waals surface area contributed by atoms with Crippen molar-refractivity contribution in [3.05, 3.63) is 28.0 Å². The van der Waals surface area contributed by atoms with Crippen molar-refractivity contribution >= 4 is 33.2 Å². The molecule has 1 heterocycles. The molecule has 0 amide bonds. The number of hydrogen-bond donors (Lipinski definition) is 1. The van der Waals surface area contributed by atoms with Crippen LogP contribution >= 0.6 is 23.2 Å². The van der Waals surface area contributed by atoms with Gasteiger partial charge < -0.3 is 5.11 Å². The zero-order valence-corrected chi connectivity index (χ0v) is 12.1. The van der Waals surface area contributed by atoms with Crippen LogP contribution in [0.4, 0.5) is 4.39 Å². The molecule has 1 aliphatic heterocycles. The maximum absolute atomic E-state index is 13.6. The van der Waals surface area contributed by atoms with Crippen molar-refractivity contribution < 1.29 is 17.9 Å². The molecule has 1 aliphatic rings. The Hall–Kier alpha value is -0.400. The molecule has 1 fully saturated rings. The van der Waals surface area contributed by atoms with Gasteiger partial charge in [0.2, 0.25) is 10.0 Å². The first-order valence-electron chi connectivity index (χ1n) is 5.65. The van der Waals surface area contributed by atoms with Crippen LogP contribution in [0.1, 0.15) is 12.8 Å². The average molecular weight is 328 g/mol. The van der Waals surface area contributed by atoms with E-state index in [2.05, 4.69) is 0 Å². The van der Waals surface area contributed by atoms with Gasteiger partial charge in [-0.3, -0.25) is 0 Å². The number of halogens is 3. The molecule has 1 saturated heterocycles. The van der Waals surface area contributed by atoms with Gasteiger partial charge in [0, 0.05) is 12.6 Å². The highest BCUT2D eigenvalue weighted by Crippen LogP contribution is 2.33. The minimum Gasteiger partial charge on any atom is -0.395 e. The summed E-state index contributed by atoms with van der Waals surface area (Å²) in [5.74, 6) is -0.954. The van der Waals surface area contributed by atoms with Crippen LogP contribution < -0.4 is 0 Å². The molecule has 0 radical (unpaired) electrons. The lowest BCUT2D eigenvalue weighted by Gasteiger charge is -2.23. The maximum atomic E-state index is 13.6. The van der Waals surface area contributed by atoms with Gasteiger partial charge in [0.1, 0.15) is 4.90 Å². The predicted octanol–water partition coefficient (Wildman–Crippen LogP) is 2.28. The Morgan fingerprint density at radius 2 is 2.11 bits per heavy atom. The summed E-state index contributed by atoms with van der Waals surface area (Å²) in [6.07, 6.45) is 1.22. The minimum absolute atomic E-state index is 0.232. The first-order chi connectivity index (χ1) is 8.89. The number of nitrogens with zero attached hydrogens (tertiary/aromatic N) is 1. The monoisotopic (exact) mass is 327 g/mol. The van der Waals surface area contributed by atoms with E-state index >= 15 is 0 Å². The summed E-state index contributed by atoms with van der Waals surface area (Å²) in [4.78, 5) is -0.323. The fraction of sp³-hybridized carbons (Fsp3) is 0.455. The second kappa shape index (κ2) is 5.54. The van der Waals surface area contributed by atoms with E-state index in [9.17, 15) is 17.9 Å². The highest BCUT2D eigenvalue weighted by molar-refractivity contribution is 7.89. The molecule has 1 aromatic rings. The lowest BCUT2D eigenvalue weighted by molar-refractivity contribution is 0.213. The van der Waals surface area contributed by atoms with Crippen molar-refractivity contribution in [1.82, 2.24) is 4.31 Å². The van der Waals surface area contributed by atoms with Crippen LogP contribution in [0.15, 0.2) is 17.0 Å². The van der Waals surface area contributed by atoms with Gasteiger partial charge in [-0.2, -0.15) is 4.31 Å². The Balaban J connectivity index is 2.48. The third kappa shape index (κ3) is 2.60. The Morgan fingerprint density at radius 1 is 1.42 bits per heavy atom. The maximum Gasteiger partial charge on any atom is 0.244 e. The largest absolute Gasteiger partial charge is 0.395 e. The van der Waals surface area contributed by atoms with Crippen molar-refractivity contribution in [2.24, 2.45) is 0 Å². The number of rotatable bonds is 3. The molecule has 1 aromatic carbocycles. The van der Waals surface area contributed by atoms with Crippen LogP contribution in [-0.4, -0.2) is 37.0 Å². The molecule has 106 valence electrons. The number of hydrogen-bond acceptors (Lipinski definition) is 3. The number of benzene rings is 1. The van der Waals surface area contributed by atoms with Crippen LogP contribution in [0.5, 0.6) is 0 Å². The Morgan fingerprint density at radius 3 is 2.74 bits per heavy atom. The van der Waals surface area contributed by atoms with Gasteiger partial charge >= 0.3 is 0 Å². The molecular weight excluding hydrogens is 316 g/mol. The molecule has 1 N–H and O–H groups in total. The molecule has 1 atom stereocenters. The van der Waals surface area contributed by atoms with E-state index in [1.54, 1.807) is 0 Å². The third-order valence-electron chi connectivity index (χ3n) is 3.12. The Labute approximate surface area is 120 Å². The van der Waals surface area contributed by atoms with Crippen LogP contribution in [-0.2, 0) is 10.0 Å². The van der Waals surface area contributed by atoms with E-state index in [1.165, 1.54) is 6.07 Å². The molecule has 0 aromatic heterocycles. The summed E-state index contributed by atoms with van der Waals surface area (Å²) < 4.78 is 39.6. The quantitative estimate of drug-likeness (QED) is 0.866. The first-order valence-corrected chi connectivity index (χ1v) is 7.85. The summed E-state index contributed by atoms with van der Waals surface area (Å²) >= 11 is 11.3. The van der Waals surface area contributed by atoms with Gasteiger partial charge in [0.05, 0.1) is 16.7 Å². The lowest BCUT2D eigenvalue weighted by Crippen LogP contribution is -2.37. The van der Waals surface area contributed by atoms with Gasteiger partial charge in [0.25, 0.3) is 0 Å². The molecule has 2 rings (SSSR count). The van der Waals surface area contributed by atoms with E-state index in [4.69, 9.17) is 23.2 Å². The zero-order valence-electron chi connectivity index (χ0n) is 9.81. The van der Waals surface area contributed by atoms with E-state index in [-0.39, 0.29) is 23.1 Å². The summed E-state index contributed by atoms with van der Waals surface area (Å²) in [6.45, 7) is 0.0149. The van der Waals surface area contributed by atoms with E-state index in [0.29, 0.717) is 12.8 Å². The summed E-state index contributed by atoms with van der Waals surface area (Å²) in [5, 5.41) is 8.43. The van der Waals surface area contributed by atoms with E-state index in [1.807, 2.05) is 0 Å². The molecule has 1 unspecified atom stereocenters. The van der Waals surface area contributed by atoms with Crippen molar-refractivity contribution in [3.8, 4) is 0 Å². The van der Waals surface area contributed by atoms with Crippen molar-refractivity contribution in [2.75, 3.05) is 13.2 Å². The fourth-order valence-electron chi connectivity index (χ4n) is 2.14. The van der Waals surface area contributed by atoms with Gasteiger partial charge in [-0.1, -0.05) is 23.2 Å². The lowest BCUT2D eigenvalue weighted by atomic mass is 10.2. The van der Waals surface area contributed by atoms with Crippen LogP contribution in [0, 0.1) is 5.82 Å². The highest BCUT2D eigenvalue weighted by Gasteiger charge is 2.36. The molecule has 19 heavy (non-hydrogen) atoms. The average Bonchev–Trinajstić information content (AvgIpc) is 2.84. The van der Waals surface area contributed by atoms with Gasteiger partial charge in [-0.15, -0.1) is 0 Å². The molecule has 0 aliphatic carbocycles. The zero-order chi connectivity index (χ0) is 14.2. The summed E-state index contributed by atoms with van der Waals surface area (Å²) in [7, 11) is -3.93. The van der Waals surface area contributed by atoms with Gasteiger partial charge in [-0.05, 0) is 25.0 Å². The molecule has 0 saturated carbocycles. The van der Waals surface area contributed by atoms with Crippen molar-refractivity contribution in [2.45, 2.75) is 23.8 Å². The van der Waals surface area contributed by atoms with E-state index in [0.717, 1.165) is 10.4 Å². The number of aliphatic hydroxyl groups excluding tert-OH is 1. The van der Waals surface area contributed by atoms with Crippen LogP contribution in [0.25, 0.3) is 0 Å².